The van der Waals surface area contributed by atoms with Gasteiger partial charge in [-0.05, 0) is 18.8 Å². The molecule has 18 heavy (non-hydrogen) atoms. The summed E-state index contributed by atoms with van der Waals surface area (Å²) in [4.78, 5) is 39.0. The molecule has 1 aliphatic carbocycles. The molecule has 2 aliphatic rings. The number of nitrogens with one attached hydrogen (secondary N) is 2. The minimum Gasteiger partial charge on any atom is -0.481 e. The van der Waals surface area contributed by atoms with Crippen molar-refractivity contribution in [2.45, 2.75) is 25.8 Å². The standard InChI is InChI=1S/C11H16N2O5/c1-5-2-6(7(3-5)11(16)17)9(14)12-8-4-18-13-10(8)15/h5-8H,2-4H2,1H3,(H,12,14)(H,13,15)(H,16,17)/t5?,6?,7?,8-/m1/s1. The summed E-state index contributed by atoms with van der Waals surface area (Å²) in [6.45, 7) is 2.00. The van der Waals surface area contributed by atoms with E-state index in [1.807, 2.05) is 6.92 Å². The Kier molecular flexibility index (Phi) is 3.51. The number of rotatable bonds is 3. The number of carbonyl (C=O) groups excluding carboxylic acids is 2. The summed E-state index contributed by atoms with van der Waals surface area (Å²) < 4.78 is 0. The van der Waals surface area contributed by atoms with Crippen LogP contribution in [0.15, 0.2) is 0 Å². The van der Waals surface area contributed by atoms with Gasteiger partial charge >= 0.3 is 5.97 Å². The highest BCUT2D eigenvalue weighted by atomic mass is 16.7. The summed E-state index contributed by atoms with van der Waals surface area (Å²) in [6.07, 6.45) is 1.04. The van der Waals surface area contributed by atoms with Crippen molar-refractivity contribution in [3.63, 3.8) is 0 Å². The molecular formula is C11H16N2O5. The maximum Gasteiger partial charge on any atom is 0.307 e. The lowest BCUT2D eigenvalue weighted by Gasteiger charge is -2.17. The fourth-order valence-corrected chi connectivity index (χ4v) is 2.58. The number of amides is 2. The van der Waals surface area contributed by atoms with E-state index in [-0.39, 0.29) is 18.4 Å². The van der Waals surface area contributed by atoms with Crippen molar-refractivity contribution in [3.05, 3.63) is 0 Å². The van der Waals surface area contributed by atoms with Crippen LogP contribution in [0.5, 0.6) is 0 Å². The van der Waals surface area contributed by atoms with Crippen LogP contribution in [0.3, 0.4) is 0 Å². The second kappa shape index (κ2) is 4.93. The monoisotopic (exact) mass is 256 g/mol. The normalized spacial score (nSPS) is 35.3. The summed E-state index contributed by atoms with van der Waals surface area (Å²) >= 11 is 0. The summed E-state index contributed by atoms with van der Waals surface area (Å²) in [5.74, 6) is -2.75. The van der Waals surface area contributed by atoms with Gasteiger partial charge in [-0.25, -0.2) is 5.48 Å². The SMILES string of the molecule is CC1CC(C(=O)O)C(C(=O)N[C@@H]2CONC2=O)C1. The first-order chi connectivity index (χ1) is 8.49. The maximum atomic E-state index is 12.0. The summed E-state index contributed by atoms with van der Waals surface area (Å²) in [7, 11) is 0. The van der Waals surface area contributed by atoms with E-state index in [1.165, 1.54) is 0 Å². The van der Waals surface area contributed by atoms with Crippen LogP contribution in [0, 0.1) is 17.8 Å². The third kappa shape index (κ3) is 2.45. The molecular weight excluding hydrogens is 240 g/mol. The molecule has 0 aromatic rings. The Hall–Kier alpha value is -1.63. The lowest BCUT2D eigenvalue weighted by atomic mass is 9.95. The Morgan fingerprint density at radius 1 is 1.39 bits per heavy atom. The second-order valence-electron chi connectivity index (χ2n) is 4.97. The number of hydrogen-bond donors (Lipinski definition) is 3. The molecule has 3 unspecified atom stereocenters. The molecule has 0 radical (unpaired) electrons. The quantitative estimate of drug-likeness (QED) is 0.618. The van der Waals surface area contributed by atoms with E-state index in [4.69, 9.17) is 9.94 Å². The highest BCUT2D eigenvalue weighted by Gasteiger charge is 2.42. The highest BCUT2D eigenvalue weighted by molar-refractivity contribution is 5.91. The van der Waals surface area contributed by atoms with Crippen molar-refractivity contribution in [3.8, 4) is 0 Å². The number of hydrogen-bond acceptors (Lipinski definition) is 4. The van der Waals surface area contributed by atoms with Crippen LogP contribution in [-0.2, 0) is 19.2 Å². The fraction of sp³-hybridized carbons (Fsp3) is 0.727. The van der Waals surface area contributed by atoms with Crippen molar-refractivity contribution >= 4 is 17.8 Å². The molecule has 2 rings (SSSR count). The Morgan fingerprint density at radius 2 is 2.06 bits per heavy atom. The van der Waals surface area contributed by atoms with E-state index in [0.717, 1.165) is 0 Å². The molecule has 100 valence electrons. The molecule has 0 spiro atoms. The van der Waals surface area contributed by atoms with E-state index in [9.17, 15) is 14.4 Å². The first-order valence-electron chi connectivity index (χ1n) is 5.94. The summed E-state index contributed by atoms with van der Waals surface area (Å²) in [6, 6.07) is -0.720. The molecule has 1 heterocycles. The van der Waals surface area contributed by atoms with Gasteiger partial charge < -0.3 is 10.4 Å². The minimum atomic E-state index is -0.952. The minimum absolute atomic E-state index is 0.0740. The van der Waals surface area contributed by atoms with Gasteiger partial charge in [-0.3, -0.25) is 19.2 Å². The van der Waals surface area contributed by atoms with Crippen LogP contribution in [0.4, 0.5) is 0 Å². The first kappa shape index (κ1) is 12.8. The largest absolute Gasteiger partial charge is 0.481 e. The number of hydroxylamine groups is 1. The van der Waals surface area contributed by atoms with Gasteiger partial charge in [0, 0.05) is 0 Å². The predicted octanol–water partition coefficient (Wildman–Crippen LogP) is -0.720. The number of carboxylic acid groups (broad SMARTS) is 1. The van der Waals surface area contributed by atoms with Gasteiger partial charge in [-0.1, -0.05) is 6.92 Å². The molecule has 2 amide bonds. The molecule has 1 saturated heterocycles. The Labute approximate surface area is 104 Å². The maximum absolute atomic E-state index is 12.0. The van der Waals surface area contributed by atoms with Crippen molar-refractivity contribution in [2.75, 3.05) is 6.61 Å². The molecule has 3 N–H and O–H groups in total. The molecule has 1 aliphatic heterocycles. The van der Waals surface area contributed by atoms with Crippen LogP contribution in [0.1, 0.15) is 19.8 Å². The Bertz CT molecular complexity index is 384. The summed E-state index contributed by atoms with van der Waals surface area (Å²) in [5, 5.41) is 11.6. The van der Waals surface area contributed by atoms with E-state index < -0.39 is 29.8 Å². The van der Waals surface area contributed by atoms with Gasteiger partial charge in [-0.2, -0.15) is 0 Å². The van der Waals surface area contributed by atoms with Crippen LogP contribution >= 0.6 is 0 Å². The van der Waals surface area contributed by atoms with Gasteiger partial charge in [-0.15, -0.1) is 0 Å². The molecule has 0 aromatic heterocycles. The topological polar surface area (TPSA) is 105 Å². The van der Waals surface area contributed by atoms with Crippen LogP contribution in [-0.4, -0.2) is 35.5 Å². The highest BCUT2D eigenvalue weighted by Crippen LogP contribution is 2.36. The van der Waals surface area contributed by atoms with Gasteiger partial charge in [0.05, 0.1) is 11.8 Å². The zero-order chi connectivity index (χ0) is 13.3. The van der Waals surface area contributed by atoms with Crippen LogP contribution in [0.25, 0.3) is 0 Å². The van der Waals surface area contributed by atoms with Gasteiger partial charge in [0.1, 0.15) is 12.6 Å². The van der Waals surface area contributed by atoms with Crippen molar-refractivity contribution in [1.29, 1.82) is 0 Å². The van der Waals surface area contributed by atoms with E-state index in [0.29, 0.717) is 12.8 Å². The van der Waals surface area contributed by atoms with Crippen LogP contribution < -0.4 is 10.8 Å². The van der Waals surface area contributed by atoms with E-state index in [2.05, 4.69) is 10.8 Å². The average Bonchev–Trinajstić information content (AvgIpc) is 2.86. The number of carboxylic acids is 1. The lowest BCUT2D eigenvalue weighted by Crippen LogP contribution is -2.45. The number of aliphatic carboxylic acids is 1. The molecule has 2 fully saturated rings. The first-order valence-corrected chi connectivity index (χ1v) is 5.94. The van der Waals surface area contributed by atoms with Crippen molar-refractivity contribution in [1.82, 2.24) is 10.8 Å². The molecule has 7 nitrogen and oxygen atoms in total. The van der Waals surface area contributed by atoms with Crippen LogP contribution in [0.2, 0.25) is 0 Å². The third-order valence-electron chi connectivity index (χ3n) is 3.51. The van der Waals surface area contributed by atoms with Gasteiger partial charge in [0.15, 0.2) is 0 Å². The molecule has 7 heteroatoms. The Morgan fingerprint density at radius 3 is 2.61 bits per heavy atom. The zero-order valence-corrected chi connectivity index (χ0v) is 10.0. The average molecular weight is 256 g/mol. The van der Waals surface area contributed by atoms with Crippen molar-refractivity contribution in [2.24, 2.45) is 17.8 Å². The second-order valence-corrected chi connectivity index (χ2v) is 4.97. The van der Waals surface area contributed by atoms with Gasteiger partial charge in [0.25, 0.3) is 5.91 Å². The van der Waals surface area contributed by atoms with E-state index in [1.54, 1.807) is 0 Å². The smallest absolute Gasteiger partial charge is 0.307 e. The van der Waals surface area contributed by atoms with Crippen molar-refractivity contribution < 1.29 is 24.3 Å². The molecule has 0 bridgehead atoms. The molecule has 4 atom stereocenters. The zero-order valence-electron chi connectivity index (χ0n) is 10.0. The van der Waals surface area contributed by atoms with Gasteiger partial charge in [0.2, 0.25) is 5.91 Å². The number of carbonyl (C=O) groups is 3. The fourth-order valence-electron chi connectivity index (χ4n) is 2.58. The van der Waals surface area contributed by atoms with E-state index >= 15 is 0 Å². The molecule has 1 saturated carbocycles. The predicted molar refractivity (Wildman–Crippen MR) is 59.0 cm³/mol. The third-order valence-corrected chi connectivity index (χ3v) is 3.51. The Balaban J connectivity index is 1.99. The summed E-state index contributed by atoms with van der Waals surface area (Å²) in [5.41, 5.74) is 2.14. The lowest BCUT2D eigenvalue weighted by molar-refractivity contribution is -0.146. The molecule has 0 aromatic carbocycles.